The number of nitrogens with two attached hydrogens (primary N) is 1. The Morgan fingerprint density at radius 2 is 1.95 bits per heavy atom. The molecule has 0 saturated carbocycles. The van der Waals surface area contributed by atoms with Gasteiger partial charge >= 0.3 is 0 Å². The van der Waals surface area contributed by atoms with Crippen LogP contribution in [0.15, 0.2) is 20.0 Å². The summed E-state index contributed by atoms with van der Waals surface area (Å²) in [7, 11) is -0.598. The van der Waals surface area contributed by atoms with Gasteiger partial charge in [-0.25, -0.2) is 8.42 Å². The molecule has 1 aliphatic rings. The lowest BCUT2D eigenvalue weighted by Gasteiger charge is -2.14. The van der Waals surface area contributed by atoms with Gasteiger partial charge in [0, 0.05) is 33.4 Å². The molecule has 0 aliphatic carbocycles. The van der Waals surface area contributed by atoms with Crippen LogP contribution in [-0.2, 0) is 26.0 Å². The lowest BCUT2D eigenvalue weighted by atomic mass is 10.3. The fourth-order valence-electron chi connectivity index (χ4n) is 2.17. The molecule has 0 radical (unpaired) electrons. The molecule has 0 spiro atoms. The quantitative estimate of drug-likeness (QED) is 0.814. The van der Waals surface area contributed by atoms with Crippen LogP contribution in [0.4, 0.5) is 0 Å². The van der Waals surface area contributed by atoms with E-state index in [-0.39, 0.29) is 41.4 Å². The minimum atomic E-state index is -3.67. The number of rotatable bonds is 5. The molecule has 2 heterocycles. The molecule has 0 amide bonds. The van der Waals surface area contributed by atoms with Crippen molar-refractivity contribution in [1.29, 1.82) is 0 Å². The zero-order valence-corrected chi connectivity index (χ0v) is 13.6. The summed E-state index contributed by atoms with van der Waals surface area (Å²) < 4.78 is 42.4. The van der Waals surface area contributed by atoms with Gasteiger partial charge in [0.2, 0.25) is 10.0 Å². The fourth-order valence-corrected chi connectivity index (χ4v) is 4.60. The van der Waals surface area contributed by atoms with Gasteiger partial charge in [-0.3, -0.25) is 0 Å². The van der Waals surface area contributed by atoms with Gasteiger partial charge in [0.15, 0.2) is 4.67 Å². The van der Waals surface area contributed by atoms with Crippen LogP contribution >= 0.6 is 15.9 Å². The zero-order chi connectivity index (χ0) is 14.9. The van der Waals surface area contributed by atoms with E-state index in [0.717, 1.165) is 0 Å². The topological polar surface area (TPSA) is 95.0 Å². The highest BCUT2D eigenvalue weighted by atomic mass is 79.9. The van der Waals surface area contributed by atoms with Crippen molar-refractivity contribution in [2.24, 2.45) is 5.73 Å². The molecule has 114 valence electrons. The monoisotopic (exact) mass is 368 g/mol. The van der Waals surface area contributed by atoms with E-state index >= 15 is 0 Å². The Hall–Kier alpha value is -0.450. The van der Waals surface area contributed by atoms with E-state index in [0.29, 0.717) is 5.76 Å². The minimum absolute atomic E-state index is 0.0737. The second-order valence-electron chi connectivity index (χ2n) is 4.43. The van der Waals surface area contributed by atoms with Crippen molar-refractivity contribution in [3.8, 4) is 0 Å². The van der Waals surface area contributed by atoms with Crippen LogP contribution in [0.2, 0.25) is 0 Å². The largest absolute Gasteiger partial charge is 0.452 e. The summed E-state index contributed by atoms with van der Waals surface area (Å²) in [6.45, 7) is 0.620. The van der Waals surface area contributed by atoms with Crippen molar-refractivity contribution in [1.82, 2.24) is 4.31 Å². The number of furan rings is 1. The summed E-state index contributed by atoms with van der Waals surface area (Å²) in [6.07, 6.45) is -0.566. The van der Waals surface area contributed by atoms with E-state index in [2.05, 4.69) is 15.9 Å². The van der Waals surface area contributed by atoms with Crippen molar-refractivity contribution >= 4 is 26.0 Å². The first-order valence-electron chi connectivity index (χ1n) is 5.98. The van der Waals surface area contributed by atoms with E-state index in [1.54, 1.807) is 0 Å². The van der Waals surface area contributed by atoms with Gasteiger partial charge in [-0.05, 0) is 15.9 Å². The fraction of sp³-hybridized carbons (Fsp3) is 0.636. The van der Waals surface area contributed by atoms with Gasteiger partial charge in [-0.15, -0.1) is 0 Å². The SMILES string of the molecule is COC1CN(S(=O)(=O)c2cc(CN)oc2Br)CC1OC. The number of ether oxygens (including phenoxy) is 2. The molecule has 1 saturated heterocycles. The maximum atomic E-state index is 12.6. The summed E-state index contributed by atoms with van der Waals surface area (Å²) in [5.74, 6) is 0.404. The minimum Gasteiger partial charge on any atom is -0.452 e. The van der Waals surface area contributed by atoms with E-state index < -0.39 is 10.0 Å². The summed E-state index contributed by atoms with van der Waals surface area (Å²) in [4.78, 5) is 0.0737. The molecule has 7 nitrogen and oxygen atoms in total. The highest BCUT2D eigenvalue weighted by molar-refractivity contribution is 9.10. The second kappa shape index (κ2) is 6.12. The molecule has 0 bridgehead atoms. The summed E-state index contributed by atoms with van der Waals surface area (Å²) in [5.41, 5.74) is 5.45. The predicted octanol–water partition coefficient (Wildman–Crippen LogP) is 0.535. The number of methoxy groups -OCH3 is 2. The molecule has 0 aromatic carbocycles. The Kier molecular flexibility index (Phi) is 4.88. The van der Waals surface area contributed by atoms with Gasteiger partial charge in [0.1, 0.15) is 10.7 Å². The van der Waals surface area contributed by atoms with Crippen LogP contribution in [0.5, 0.6) is 0 Å². The molecule has 1 fully saturated rings. The Morgan fingerprint density at radius 1 is 1.40 bits per heavy atom. The van der Waals surface area contributed by atoms with Crippen molar-refractivity contribution in [3.05, 3.63) is 16.5 Å². The van der Waals surface area contributed by atoms with Gasteiger partial charge in [0.25, 0.3) is 0 Å². The highest BCUT2D eigenvalue weighted by Gasteiger charge is 2.41. The molecule has 2 atom stereocenters. The number of hydrogen-bond donors (Lipinski definition) is 1. The number of halogens is 1. The lowest BCUT2D eigenvalue weighted by Crippen LogP contribution is -2.30. The standard InChI is InChI=1S/C11H17BrN2O5S/c1-17-8-5-14(6-9(8)18-2)20(15,16)10-3-7(4-13)19-11(10)12/h3,8-9H,4-6,13H2,1-2H3. The average Bonchev–Trinajstić information content (AvgIpc) is 3.01. The van der Waals surface area contributed by atoms with Crippen LogP contribution < -0.4 is 5.73 Å². The third-order valence-electron chi connectivity index (χ3n) is 3.31. The third-order valence-corrected chi connectivity index (χ3v) is 6.00. The van der Waals surface area contributed by atoms with Crippen LogP contribution in [0.1, 0.15) is 5.76 Å². The molecule has 1 aromatic rings. The average molecular weight is 369 g/mol. The summed E-state index contributed by atoms with van der Waals surface area (Å²) in [5, 5.41) is 0. The predicted molar refractivity (Wildman–Crippen MR) is 74.7 cm³/mol. The molecule has 1 aliphatic heterocycles. The Bertz CT molecular complexity index is 561. The maximum Gasteiger partial charge on any atom is 0.247 e. The lowest BCUT2D eigenvalue weighted by molar-refractivity contribution is -0.00461. The molecular weight excluding hydrogens is 352 g/mol. The molecule has 2 N–H and O–H groups in total. The van der Waals surface area contributed by atoms with E-state index in [1.807, 2.05) is 0 Å². The Morgan fingerprint density at radius 3 is 2.35 bits per heavy atom. The van der Waals surface area contributed by atoms with Gasteiger partial charge < -0.3 is 19.6 Å². The van der Waals surface area contributed by atoms with Crippen LogP contribution in [0, 0.1) is 0 Å². The van der Waals surface area contributed by atoms with E-state index in [9.17, 15) is 8.42 Å². The molecule has 1 aromatic heterocycles. The smallest absolute Gasteiger partial charge is 0.247 e. The van der Waals surface area contributed by atoms with Gasteiger partial charge in [-0.2, -0.15) is 4.31 Å². The molecule has 2 rings (SSSR count). The first kappa shape index (κ1) is 15.9. The van der Waals surface area contributed by atoms with Crippen molar-refractivity contribution in [2.45, 2.75) is 23.6 Å². The van der Waals surface area contributed by atoms with Crippen LogP contribution in [0.25, 0.3) is 0 Å². The van der Waals surface area contributed by atoms with Gasteiger partial charge in [0.05, 0.1) is 18.8 Å². The van der Waals surface area contributed by atoms with Crippen LogP contribution in [-0.4, -0.2) is 52.2 Å². The third kappa shape index (κ3) is 2.78. The molecule has 2 unspecified atom stereocenters. The number of sulfonamides is 1. The van der Waals surface area contributed by atoms with Crippen LogP contribution in [0.3, 0.4) is 0 Å². The van der Waals surface area contributed by atoms with E-state index in [1.165, 1.54) is 24.6 Å². The Labute approximate surface area is 126 Å². The first-order valence-corrected chi connectivity index (χ1v) is 8.21. The normalized spacial score (nSPS) is 24.4. The first-order chi connectivity index (χ1) is 9.43. The molecular formula is C11H17BrN2O5S. The van der Waals surface area contributed by atoms with Crippen molar-refractivity contribution < 1.29 is 22.3 Å². The second-order valence-corrected chi connectivity index (χ2v) is 7.05. The van der Waals surface area contributed by atoms with Crippen molar-refractivity contribution in [2.75, 3.05) is 27.3 Å². The number of nitrogens with zero attached hydrogens (tertiary/aromatic N) is 1. The number of hydrogen-bond acceptors (Lipinski definition) is 6. The molecule has 20 heavy (non-hydrogen) atoms. The summed E-state index contributed by atoms with van der Waals surface area (Å²) in [6, 6.07) is 1.43. The van der Waals surface area contributed by atoms with Gasteiger partial charge in [-0.1, -0.05) is 0 Å². The Balaban J connectivity index is 2.29. The zero-order valence-electron chi connectivity index (χ0n) is 11.2. The maximum absolute atomic E-state index is 12.6. The molecule has 9 heteroatoms. The van der Waals surface area contributed by atoms with E-state index in [4.69, 9.17) is 19.6 Å². The van der Waals surface area contributed by atoms with Crippen molar-refractivity contribution in [3.63, 3.8) is 0 Å². The summed E-state index contributed by atoms with van der Waals surface area (Å²) >= 11 is 3.11. The highest BCUT2D eigenvalue weighted by Crippen LogP contribution is 2.31.